The van der Waals surface area contributed by atoms with Gasteiger partial charge in [0.25, 0.3) is 0 Å². The van der Waals surface area contributed by atoms with Crippen LogP contribution in [0, 0.1) is 13.8 Å². The summed E-state index contributed by atoms with van der Waals surface area (Å²) in [6.45, 7) is 5.97. The molecule has 21 heavy (non-hydrogen) atoms. The SMILES string of the molecule is Cc1ncnc(N2Cc3ccc(O)cc3C3(CC3)C2)c1C. The third-order valence-electron chi connectivity index (χ3n) is 4.98. The molecule has 2 aromatic rings. The number of hydrogen-bond acceptors (Lipinski definition) is 4. The van der Waals surface area contributed by atoms with Gasteiger partial charge in [0.05, 0.1) is 0 Å². The summed E-state index contributed by atoms with van der Waals surface area (Å²) in [7, 11) is 0. The van der Waals surface area contributed by atoms with Crippen LogP contribution in [0.25, 0.3) is 0 Å². The van der Waals surface area contributed by atoms with E-state index in [1.54, 1.807) is 12.4 Å². The zero-order chi connectivity index (χ0) is 14.6. The molecule has 0 atom stereocenters. The summed E-state index contributed by atoms with van der Waals surface area (Å²) in [5.41, 5.74) is 5.07. The van der Waals surface area contributed by atoms with Crippen molar-refractivity contribution >= 4 is 5.82 Å². The fraction of sp³-hybridized carbons (Fsp3) is 0.412. The molecule has 108 valence electrons. The molecule has 0 saturated heterocycles. The van der Waals surface area contributed by atoms with E-state index in [0.717, 1.165) is 30.2 Å². The minimum Gasteiger partial charge on any atom is -0.508 e. The highest BCUT2D eigenvalue weighted by molar-refractivity contribution is 5.55. The Hall–Kier alpha value is -2.10. The highest BCUT2D eigenvalue weighted by Gasteiger charge is 2.49. The fourth-order valence-corrected chi connectivity index (χ4v) is 3.48. The Kier molecular flexibility index (Phi) is 2.52. The van der Waals surface area contributed by atoms with E-state index in [9.17, 15) is 5.11 Å². The second-order valence-corrected chi connectivity index (χ2v) is 6.39. The number of aromatic nitrogens is 2. The van der Waals surface area contributed by atoms with E-state index >= 15 is 0 Å². The summed E-state index contributed by atoms with van der Waals surface area (Å²) < 4.78 is 0. The van der Waals surface area contributed by atoms with Gasteiger partial charge in [0.1, 0.15) is 17.9 Å². The molecule has 1 aliphatic carbocycles. The second-order valence-electron chi connectivity index (χ2n) is 6.39. The van der Waals surface area contributed by atoms with Gasteiger partial charge in [0, 0.05) is 29.8 Å². The van der Waals surface area contributed by atoms with E-state index < -0.39 is 0 Å². The molecule has 4 rings (SSSR count). The minimum atomic E-state index is 0.220. The molecule has 0 unspecified atom stereocenters. The van der Waals surface area contributed by atoms with Crippen LogP contribution in [0.2, 0.25) is 0 Å². The quantitative estimate of drug-likeness (QED) is 0.873. The van der Waals surface area contributed by atoms with Crippen molar-refractivity contribution in [3.8, 4) is 5.75 Å². The van der Waals surface area contributed by atoms with Gasteiger partial charge in [-0.05, 0) is 49.9 Å². The zero-order valence-electron chi connectivity index (χ0n) is 12.4. The van der Waals surface area contributed by atoms with Crippen LogP contribution < -0.4 is 4.90 Å². The van der Waals surface area contributed by atoms with E-state index in [-0.39, 0.29) is 5.41 Å². The maximum Gasteiger partial charge on any atom is 0.135 e. The van der Waals surface area contributed by atoms with Crippen molar-refractivity contribution in [2.75, 3.05) is 11.4 Å². The van der Waals surface area contributed by atoms with Crippen LogP contribution in [0.15, 0.2) is 24.5 Å². The molecule has 2 heterocycles. The topological polar surface area (TPSA) is 49.2 Å². The molecular formula is C17H19N3O. The number of nitrogens with zero attached hydrogens (tertiary/aromatic N) is 3. The Balaban J connectivity index is 1.78. The van der Waals surface area contributed by atoms with Gasteiger partial charge in [0.2, 0.25) is 0 Å². The van der Waals surface area contributed by atoms with Crippen LogP contribution in [0.4, 0.5) is 5.82 Å². The molecule has 1 fully saturated rings. The first-order chi connectivity index (χ1) is 10.1. The van der Waals surface area contributed by atoms with Crippen molar-refractivity contribution < 1.29 is 5.11 Å². The predicted octanol–water partition coefficient (Wildman–Crippen LogP) is 2.85. The molecule has 1 N–H and O–H groups in total. The van der Waals surface area contributed by atoms with E-state index in [1.807, 2.05) is 13.0 Å². The number of rotatable bonds is 1. The first-order valence-corrected chi connectivity index (χ1v) is 7.45. The molecule has 0 radical (unpaired) electrons. The summed E-state index contributed by atoms with van der Waals surface area (Å²) in [6.07, 6.45) is 4.05. The Morgan fingerprint density at radius 2 is 2.00 bits per heavy atom. The molecule has 1 aromatic heterocycles. The van der Waals surface area contributed by atoms with Crippen LogP contribution in [0.3, 0.4) is 0 Å². The maximum absolute atomic E-state index is 9.78. The number of phenolic OH excluding ortho intramolecular Hbond substituents is 1. The number of anilines is 1. The predicted molar refractivity (Wildman–Crippen MR) is 81.6 cm³/mol. The number of aromatic hydroxyl groups is 1. The van der Waals surface area contributed by atoms with Gasteiger partial charge in [-0.3, -0.25) is 0 Å². The van der Waals surface area contributed by atoms with Gasteiger partial charge >= 0.3 is 0 Å². The standard InChI is InChI=1S/C17H19N3O/c1-11-12(2)18-10-19-16(11)20-8-13-3-4-14(21)7-15(13)17(9-20)5-6-17/h3-4,7,10,21H,5-6,8-9H2,1-2H3. The molecule has 1 saturated carbocycles. The summed E-state index contributed by atoms with van der Waals surface area (Å²) in [6, 6.07) is 5.80. The Morgan fingerprint density at radius 1 is 1.19 bits per heavy atom. The fourth-order valence-electron chi connectivity index (χ4n) is 3.48. The lowest BCUT2D eigenvalue weighted by Gasteiger charge is -2.36. The van der Waals surface area contributed by atoms with E-state index in [0.29, 0.717) is 5.75 Å². The van der Waals surface area contributed by atoms with Crippen molar-refractivity contribution in [2.24, 2.45) is 0 Å². The molecule has 4 heteroatoms. The largest absolute Gasteiger partial charge is 0.508 e. The van der Waals surface area contributed by atoms with Gasteiger partial charge < -0.3 is 10.0 Å². The van der Waals surface area contributed by atoms with Crippen molar-refractivity contribution in [1.82, 2.24) is 9.97 Å². The van der Waals surface area contributed by atoms with Crippen molar-refractivity contribution in [1.29, 1.82) is 0 Å². The highest BCUT2D eigenvalue weighted by atomic mass is 16.3. The normalized spacial score (nSPS) is 18.7. The van der Waals surface area contributed by atoms with E-state index in [2.05, 4.69) is 27.9 Å². The average molecular weight is 281 g/mol. The summed E-state index contributed by atoms with van der Waals surface area (Å²) in [4.78, 5) is 11.2. The monoisotopic (exact) mass is 281 g/mol. The highest BCUT2D eigenvalue weighted by Crippen LogP contribution is 2.53. The third kappa shape index (κ3) is 1.89. The van der Waals surface area contributed by atoms with Crippen molar-refractivity contribution in [3.05, 3.63) is 46.9 Å². The number of hydrogen-bond donors (Lipinski definition) is 1. The Bertz CT molecular complexity index is 722. The molecule has 1 aliphatic heterocycles. The Morgan fingerprint density at radius 3 is 2.76 bits per heavy atom. The van der Waals surface area contributed by atoms with Gasteiger partial charge in [0.15, 0.2) is 0 Å². The smallest absolute Gasteiger partial charge is 0.135 e. The third-order valence-corrected chi connectivity index (χ3v) is 4.98. The van der Waals surface area contributed by atoms with Crippen molar-refractivity contribution in [2.45, 2.75) is 38.6 Å². The molecule has 0 bridgehead atoms. The summed E-state index contributed by atoms with van der Waals surface area (Å²) in [5, 5.41) is 9.78. The van der Waals surface area contributed by atoms with Crippen LogP contribution >= 0.6 is 0 Å². The van der Waals surface area contributed by atoms with E-state index in [4.69, 9.17) is 0 Å². The lowest BCUT2D eigenvalue weighted by Crippen LogP contribution is -2.38. The van der Waals surface area contributed by atoms with E-state index in [1.165, 1.54) is 24.0 Å². The lowest BCUT2D eigenvalue weighted by molar-refractivity contribution is 0.470. The minimum absolute atomic E-state index is 0.220. The van der Waals surface area contributed by atoms with Gasteiger partial charge in [-0.15, -0.1) is 0 Å². The summed E-state index contributed by atoms with van der Waals surface area (Å²) >= 11 is 0. The van der Waals surface area contributed by atoms with Gasteiger partial charge in [-0.2, -0.15) is 0 Å². The molecule has 4 nitrogen and oxygen atoms in total. The molecule has 0 amide bonds. The molecule has 1 aromatic carbocycles. The van der Waals surface area contributed by atoms with Crippen LogP contribution in [-0.4, -0.2) is 21.6 Å². The maximum atomic E-state index is 9.78. The first kappa shape index (κ1) is 12.6. The molecular weight excluding hydrogens is 262 g/mol. The van der Waals surface area contributed by atoms with Crippen LogP contribution in [-0.2, 0) is 12.0 Å². The summed E-state index contributed by atoms with van der Waals surface area (Å²) in [5.74, 6) is 1.43. The molecule has 1 spiro atoms. The van der Waals surface area contributed by atoms with Crippen LogP contribution in [0.1, 0.15) is 35.2 Å². The number of aryl methyl sites for hydroxylation is 1. The average Bonchev–Trinajstić information content (AvgIpc) is 3.23. The van der Waals surface area contributed by atoms with Crippen molar-refractivity contribution in [3.63, 3.8) is 0 Å². The van der Waals surface area contributed by atoms with Gasteiger partial charge in [-0.25, -0.2) is 9.97 Å². The second kappa shape index (κ2) is 4.20. The number of phenols is 1. The molecule has 2 aliphatic rings. The Labute approximate surface area is 124 Å². The number of benzene rings is 1. The zero-order valence-corrected chi connectivity index (χ0v) is 12.4. The first-order valence-electron chi connectivity index (χ1n) is 7.45. The lowest BCUT2D eigenvalue weighted by atomic mass is 9.86. The van der Waals surface area contributed by atoms with Crippen LogP contribution in [0.5, 0.6) is 5.75 Å². The number of fused-ring (bicyclic) bond motifs is 2. The van der Waals surface area contributed by atoms with Gasteiger partial charge in [-0.1, -0.05) is 6.07 Å².